The second-order valence-electron chi connectivity index (χ2n) is 5.12. The summed E-state index contributed by atoms with van der Waals surface area (Å²) in [6.07, 6.45) is 3.61. The van der Waals surface area contributed by atoms with Gasteiger partial charge in [0.1, 0.15) is 0 Å². The lowest BCUT2D eigenvalue weighted by Crippen LogP contribution is -2.25. The molecule has 17 heavy (non-hydrogen) atoms. The first-order chi connectivity index (χ1) is 8.34. The Labute approximate surface area is 103 Å². The van der Waals surface area contributed by atoms with Crippen molar-refractivity contribution in [2.75, 3.05) is 0 Å². The van der Waals surface area contributed by atoms with Gasteiger partial charge in [0.05, 0.1) is 0 Å². The SMILES string of the molecule is CCC1(c2ccccc2)Cc2ccccc2C1. The summed E-state index contributed by atoms with van der Waals surface area (Å²) in [5, 5.41) is 0. The van der Waals surface area contributed by atoms with Crippen LogP contribution in [-0.4, -0.2) is 0 Å². The highest BCUT2D eigenvalue weighted by molar-refractivity contribution is 5.41. The van der Waals surface area contributed by atoms with E-state index in [0.717, 1.165) is 0 Å². The lowest BCUT2D eigenvalue weighted by atomic mass is 9.76. The van der Waals surface area contributed by atoms with Crippen LogP contribution in [0.5, 0.6) is 0 Å². The van der Waals surface area contributed by atoms with Gasteiger partial charge in [-0.1, -0.05) is 61.5 Å². The molecule has 0 fully saturated rings. The summed E-state index contributed by atoms with van der Waals surface area (Å²) in [5.41, 5.74) is 4.92. The molecular weight excluding hydrogens is 204 g/mol. The summed E-state index contributed by atoms with van der Waals surface area (Å²) in [5.74, 6) is 0. The Hall–Kier alpha value is -1.56. The highest BCUT2D eigenvalue weighted by Crippen LogP contribution is 2.41. The van der Waals surface area contributed by atoms with E-state index in [9.17, 15) is 0 Å². The fraction of sp³-hybridized carbons (Fsp3) is 0.294. The van der Waals surface area contributed by atoms with Crippen LogP contribution in [0.15, 0.2) is 54.6 Å². The zero-order valence-electron chi connectivity index (χ0n) is 10.3. The quantitative estimate of drug-likeness (QED) is 0.716. The molecule has 1 aliphatic carbocycles. The molecule has 0 heterocycles. The Bertz CT molecular complexity index is 486. The first-order valence-corrected chi connectivity index (χ1v) is 6.46. The van der Waals surface area contributed by atoms with Crippen LogP contribution in [0.4, 0.5) is 0 Å². The molecule has 0 atom stereocenters. The van der Waals surface area contributed by atoms with E-state index >= 15 is 0 Å². The van der Waals surface area contributed by atoms with Crippen molar-refractivity contribution in [2.45, 2.75) is 31.6 Å². The van der Waals surface area contributed by atoms with Crippen molar-refractivity contribution in [1.29, 1.82) is 0 Å². The van der Waals surface area contributed by atoms with Crippen LogP contribution in [0.25, 0.3) is 0 Å². The van der Waals surface area contributed by atoms with Crippen LogP contribution in [0.2, 0.25) is 0 Å². The molecule has 86 valence electrons. The molecule has 0 unspecified atom stereocenters. The summed E-state index contributed by atoms with van der Waals surface area (Å²) >= 11 is 0. The van der Waals surface area contributed by atoms with Crippen LogP contribution >= 0.6 is 0 Å². The summed E-state index contributed by atoms with van der Waals surface area (Å²) in [7, 11) is 0. The summed E-state index contributed by atoms with van der Waals surface area (Å²) in [4.78, 5) is 0. The van der Waals surface area contributed by atoms with Crippen molar-refractivity contribution >= 4 is 0 Å². The molecule has 0 radical (unpaired) electrons. The van der Waals surface area contributed by atoms with Gasteiger partial charge in [-0.2, -0.15) is 0 Å². The van der Waals surface area contributed by atoms with Crippen molar-refractivity contribution < 1.29 is 0 Å². The van der Waals surface area contributed by atoms with E-state index in [-0.39, 0.29) is 0 Å². The van der Waals surface area contributed by atoms with Crippen LogP contribution in [-0.2, 0) is 18.3 Å². The predicted octanol–water partition coefficient (Wildman–Crippen LogP) is 4.13. The van der Waals surface area contributed by atoms with Crippen LogP contribution in [0.3, 0.4) is 0 Å². The molecule has 0 heteroatoms. The highest BCUT2D eigenvalue weighted by Gasteiger charge is 2.36. The smallest absolute Gasteiger partial charge is 0.00312 e. The number of hydrogen-bond acceptors (Lipinski definition) is 0. The fourth-order valence-electron chi connectivity index (χ4n) is 3.14. The number of fused-ring (bicyclic) bond motifs is 1. The maximum Gasteiger partial charge on any atom is 0.00312 e. The van der Waals surface area contributed by atoms with E-state index in [1.165, 1.54) is 24.8 Å². The third kappa shape index (κ3) is 1.68. The lowest BCUT2D eigenvalue weighted by Gasteiger charge is -2.28. The predicted molar refractivity (Wildman–Crippen MR) is 72.3 cm³/mol. The maximum absolute atomic E-state index is 2.32. The number of rotatable bonds is 2. The molecule has 0 aromatic heterocycles. The monoisotopic (exact) mass is 222 g/mol. The normalized spacial score (nSPS) is 16.8. The van der Waals surface area contributed by atoms with Gasteiger partial charge in [0.15, 0.2) is 0 Å². The Balaban J connectivity index is 2.03. The second-order valence-corrected chi connectivity index (χ2v) is 5.12. The van der Waals surface area contributed by atoms with E-state index in [2.05, 4.69) is 61.5 Å². The van der Waals surface area contributed by atoms with E-state index in [0.29, 0.717) is 5.41 Å². The van der Waals surface area contributed by atoms with Gasteiger partial charge in [-0.05, 0) is 36.0 Å². The summed E-state index contributed by atoms with van der Waals surface area (Å²) in [6, 6.07) is 19.9. The van der Waals surface area contributed by atoms with E-state index in [4.69, 9.17) is 0 Å². The van der Waals surface area contributed by atoms with Gasteiger partial charge in [0, 0.05) is 5.41 Å². The Kier molecular flexibility index (Phi) is 2.51. The lowest BCUT2D eigenvalue weighted by molar-refractivity contribution is 0.435. The molecule has 1 aliphatic rings. The molecule has 2 aromatic carbocycles. The molecule has 3 rings (SSSR count). The van der Waals surface area contributed by atoms with Gasteiger partial charge in [0.2, 0.25) is 0 Å². The Morgan fingerprint density at radius 1 is 0.824 bits per heavy atom. The van der Waals surface area contributed by atoms with Gasteiger partial charge < -0.3 is 0 Å². The average molecular weight is 222 g/mol. The first kappa shape index (κ1) is 10.6. The molecule has 0 bridgehead atoms. The minimum absolute atomic E-state index is 0.338. The molecule has 2 aromatic rings. The highest BCUT2D eigenvalue weighted by atomic mass is 14.4. The maximum atomic E-state index is 2.32. The Morgan fingerprint density at radius 2 is 1.35 bits per heavy atom. The average Bonchev–Trinajstić information content (AvgIpc) is 2.79. The van der Waals surface area contributed by atoms with Crippen molar-refractivity contribution in [1.82, 2.24) is 0 Å². The summed E-state index contributed by atoms with van der Waals surface area (Å²) < 4.78 is 0. The van der Waals surface area contributed by atoms with Crippen LogP contribution in [0, 0.1) is 0 Å². The molecule has 0 nitrogen and oxygen atoms in total. The molecule has 0 N–H and O–H groups in total. The van der Waals surface area contributed by atoms with Crippen molar-refractivity contribution in [3.05, 3.63) is 71.3 Å². The van der Waals surface area contributed by atoms with Crippen LogP contribution in [0.1, 0.15) is 30.0 Å². The van der Waals surface area contributed by atoms with Crippen molar-refractivity contribution in [3.63, 3.8) is 0 Å². The molecule has 0 amide bonds. The molecular formula is C17H18. The minimum atomic E-state index is 0.338. The molecule has 0 saturated heterocycles. The van der Waals surface area contributed by atoms with E-state index < -0.39 is 0 Å². The molecule has 0 aliphatic heterocycles. The zero-order valence-corrected chi connectivity index (χ0v) is 10.3. The van der Waals surface area contributed by atoms with Gasteiger partial charge in [-0.15, -0.1) is 0 Å². The van der Waals surface area contributed by atoms with E-state index in [1.54, 1.807) is 11.1 Å². The van der Waals surface area contributed by atoms with Crippen molar-refractivity contribution in [3.8, 4) is 0 Å². The minimum Gasteiger partial charge on any atom is -0.0645 e. The third-order valence-corrected chi connectivity index (χ3v) is 4.24. The first-order valence-electron chi connectivity index (χ1n) is 6.46. The van der Waals surface area contributed by atoms with Gasteiger partial charge in [-0.3, -0.25) is 0 Å². The molecule has 0 spiro atoms. The van der Waals surface area contributed by atoms with E-state index in [1.807, 2.05) is 0 Å². The molecule has 0 saturated carbocycles. The van der Waals surface area contributed by atoms with Gasteiger partial charge >= 0.3 is 0 Å². The number of hydrogen-bond donors (Lipinski definition) is 0. The third-order valence-electron chi connectivity index (χ3n) is 4.24. The number of benzene rings is 2. The standard InChI is InChI=1S/C17H18/c1-2-17(16-10-4-3-5-11-16)12-14-8-6-7-9-15(14)13-17/h3-11H,2,12-13H2,1H3. The largest absolute Gasteiger partial charge is 0.0645 e. The van der Waals surface area contributed by atoms with Crippen molar-refractivity contribution in [2.24, 2.45) is 0 Å². The van der Waals surface area contributed by atoms with Gasteiger partial charge in [-0.25, -0.2) is 0 Å². The van der Waals surface area contributed by atoms with Gasteiger partial charge in [0.25, 0.3) is 0 Å². The zero-order chi connectivity index (χ0) is 11.7. The summed E-state index contributed by atoms with van der Waals surface area (Å²) in [6.45, 7) is 2.32. The Morgan fingerprint density at radius 3 is 1.88 bits per heavy atom. The fourth-order valence-corrected chi connectivity index (χ4v) is 3.14. The second kappa shape index (κ2) is 4.03. The van der Waals surface area contributed by atoms with Crippen LogP contribution < -0.4 is 0 Å². The topological polar surface area (TPSA) is 0 Å².